The standard InChI is InChI=1S/C16H18ClN3/c17-13-5-6-14-12(10-13)4-3-11-2-1-8-19-15(11)16(14)20-9-7-18/h1-2,5-6,8,10,16,20H,3-4,7,9,18H2. The zero-order chi connectivity index (χ0) is 13.9. The van der Waals surface area contributed by atoms with Crippen LogP contribution in [0.5, 0.6) is 0 Å². The van der Waals surface area contributed by atoms with Crippen LogP contribution in [0, 0.1) is 0 Å². The summed E-state index contributed by atoms with van der Waals surface area (Å²) in [7, 11) is 0. The van der Waals surface area contributed by atoms with Gasteiger partial charge in [-0.2, -0.15) is 0 Å². The lowest BCUT2D eigenvalue weighted by Crippen LogP contribution is -2.29. The van der Waals surface area contributed by atoms with Crippen LogP contribution in [-0.2, 0) is 12.8 Å². The van der Waals surface area contributed by atoms with E-state index in [0.717, 1.165) is 30.1 Å². The Hall–Kier alpha value is -1.42. The Morgan fingerprint density at radius 2 is 2.10 bits per heavy atom. The van der Waals surface area contributed by atoms with Crippen LogP contribution in [0.3, 0.4) is 0 Å². The van der Waals surface area contributed by atoms with E-state index in [1.165, 1.54) is 16.7 Å². The average Bonchev–Trinajstić information content (AvgIpc) is 2.62. The fraction of sp³-hybridized carbons (Fsp3) is 0.312. The molecule has 3 rings (SSSR count). The first-order chi connectivity index (χ1) is 9.79. The van der Waals surface area contributed by atoms with Gasteiger partial charge in [-0.1, -0.05) is 23.7 Å². The van der Waals surface area contributed by atoms with Gasteiger partial charge < -0.3 is 11.1 Å². The molecule has 0 saturated heterocycles. The van der Waals surface area contributed by atoms with Crippen molar-refractivity contribution < 1.29 is 0 Å². The first kappa shape index (κ1) is 13.6. The fourth-order valence-corrected chi connectivity index (χ4v) is 3.04. The Balaban J connectivity index is 2.09. The summed E-state index contributed by atoms with van der Waals surface area (Å²) in [5.41, 5.74) is 10.6. The molecule has 0 amide bonds. The maximum Gasteiger partial charge on any atom is 0.0757 e. The molecule has 0 aliphatic heterocycles. The van der Waals surface area contributed by atoms with Crippen LogP contribution in [0.25, 0.3) is 0 Å². The molecule has 20 heavy (non-hydrogen) atoms. The van der Waals surface area contributed by atoms with Gasteiger partial charge in [0.1, 0.15) is 0 Å². The Morgan fingerprint density at radius 3 is 2.95 bits per heavy atom. The number of rotatable bonds is 3. The highest BCUT2D eigenvalue weighted by Gasteiger charge is 2.24. The molecule has 4 heteroatoms. The third-order valence-electron chi connectivity index (χ3n) is 3.77. The summed E-state index contributed by atoms with van der Waals surface area (Å²) in [6.45, 7) is 1.38. The molecule has 104 valence electrons. The van der Waals surface area contributed by atoms with E-state index in [1.54, 1.807) is 0 Å². The van der Waals surface area contributed by atoms with Gasteiger partial charge in [0, 0.05) is 24.3 Å². The molecule has 0 bridgehead atoms. The Morgan fingerprint density at radius 1 is 1.25 bits per heavy atom. The first-order valence-corrected chi connectivity index (χ1v) is 7.33. The molecule has 0 saturated carbocycles. The highest BCUT2D eigenvalue weighted by molar-refractivity contribution is 6.30. The normalized spacial score (nSPS) is 17.2. The minimum atomic E-state index is 0.101. The van der Waals surface area contributed by atoms with Gasteiger partial charge in [-0.25, -0.2) is 0 Å². The quantitative estimate of drug-likeness (QED) is 0.912. The lowest BCUT2D eigenvalue weighted by Gasteiger charge is -2.20. The Kier molecular flexibility index (Phi) is 4.01. The zero-order valence-corrected chi connectivity index (χ0v) is 12.0. The molecule has 3 N–H and O–H groups in total. The predicted octanol–water partition coefficient (Wildman–Crippen LogP) is 2.47. The van der Waals surface area contributed by atoms with E-state index in [0.29, 0.717) is 6.54 Å². The van der Waals surface area contributed by atoms with Gasteiger partial charge in [0.15, 0.2) is 0 Å². The van der Waals surface area contributed by atoms with Gasteiger partial charge >= 0.3 is 0 Å². The third kappa shape index (κ3) is 2.57. The molecule has 1 aliphatic rings. The summed E-state index contributed by atoms with van der Waals surface area (Å²) in [4.78, 5) is 4.60. The van der Waals surface area contributed by atoms with Crippen LogP contribution in [0.15, 0.2) is 36.5 Å². The fourth-order valence-electron chi connectivity index (χ4n) is 2.85. The number of fused-ring (bicyclic) bond motifs is 2. The summed E-state index contributed by atoms with van der Waals surface area (Å²) in [6.07, 6.45) is 3.85. The van der Waals surface area contributed by atoms with Crippen molar-refractivity contribution in [3.8, 4) is 0 Å². The lowest BCUT2D eigenvalue weighted by atomic mass is 9.98. The second-order valence-electron chi connectivity index (χ2n) is 5.07. The second kappa shape index (κ2) is 5.92. The van der Waals surface area contributed by atoms with Crippen LogP contribution in [0.4, 0.5) is 0 Å². The third-order valence-corrected chi connectivity index (χ3v) is 4.01. The van der Waals surface area contributed by atoms with E-state index in [4.69, 9.17) is 17.3 Å². The number of halogens is 1. The Labute approximate surface area is 124 Å². The maximum absolute atomic E-state index is 6.14. The average molecular weight is 288 g/mol. The van der Waals surface area contributed by atoms with E-state index in [2.05, 4.69) is 28.5 Å². The van der Waals surface area contributed by atoms with Crippen LogP contribution in [0.2, 0.25) is 5.02 Å². The van der Waals surface area contributed by atoms with Gasteiger partial charge in [0.2, 0.25) is 0 Å². The molecule has 1 aliphatic carbocycles. The predicted molar refractivity (Wildman–Crippen MR) is 82.0 cm³/mol. The molecule has 0 spiro atoms. The summed E-state index contributed by atoms with van der Waals surface area (Å²) < 4.78 is 0. The molecule has 1 atom stereocenters. The van der Waals surface area contributed by atoms with Gasteiger partial charge in [-0.05, 0) is 47.7 Å². The van der Waals surface area contributed by atoms with Gasteiger partial charge in [-0.3, -0.25) is 4.98 Å². The van der Waals surface area contributed by atoms with Crippen molar-refractivity contribution in [1.82, 2.24) is 10.3 Å². The highest BCUT2D eigenvalue weighted by Crippen LogP contribution is 2.32. The molecule has 3 nitrogen and oxygen atoms in total. The van der Waals surface area contributed by atoms with E-state index in [9.17, 15) is 0 Å². The molecular formula is C16H18ClN3. The number of aryl methyl sites for hydroxylation is 2. The molecular weight excluding hydrogens is 270 g/mol. The largest absolute Gasteiger partial charge is 0.329 e. The molecule has 0 radical (unpaired) electrons. The summed E-state index contributed by atoms with van der Waals surface area (Å²) >= 11 is 6.14. The van der Waals surface area contributed by atoms with E-state index in [-0.39, 0.29) is 6.04 Å². The zero-order valence-electron chi connectivity index (χ0n) is 11.3. The Bertz CT molecular complexity index is 612. The monoisotopic (exact) mass is 287 g/mol. The van der Waals surface area contributed by atoms with Crippen molar-refractivity contribution in [2.24, 2.45) is 5.73 Å². The van der Waals surface area contributed by atoms with E-state index >= 15 is 0 Å². The SMILES string of the molecule is NCCNC1c2ccc(Cl)cc2CCc2cccnc21. The lowest BCUT2D eigenvalue weighted by molar-refractivity contribution is 0.596. The number of benzene rings is 1. The number of aromatic nitrogens is 1. The van der Waals surface area contributed by atoms with Crippen molar-refractivity contribution >= 4 is 11.6 Å². The first-order valence-electron chi connectivity index (χ1n) is 6.95. The number of nitrogens with two attached hydrogens (primary N) is 1. The highest BCUT2D eigenvalue weighted by atomic mass is 35.5. The van der Waals surface area contributed by atoms with Gasteiger partial charge in [0.25, 0.3) is 0 Å². The number of nitrogens with zero attached hydrogens (tertiary/aromatic N) is 1. The van der Waals surface area contributed by atoms with E-state index < -0.39 is 0 Å². The molecule has 1 aromatic heterocycles. The minimum Gasteiger partial charge on any atom is -0.329 e. The molecule has 1 aromatic carbocycles. The second-order valence-corrected chi connectivity index (χ2v) is 5.50. The van der Waals surface area contributed by atoms with Crippen molar-refractivity contribution in [1.29, 1.82) is 0 Å². The smallest absolute Gasteiger partial charge is 0.0757 e. The van der Waals surface area contributed by atoms with Crippen LogP contribution >= 0.6 is 11.6 Å². The van der Waals surface area contributed by atoms with Crippen molar-refractivity contribution in [3.05, 3.63) is 63.9 Å². The number of hydrogen-bond acceptors (Lipinski definition) is 3. The number of nitrogens with one attached hydrogen (secondary N) is 1. The summed E-state index contributed by atoms with van der Waals surface area (Å²) in [5.74, 6) is 0. The van der Waals surface area contributed by atoms with Gasteiger partial charge in [-0.15, -0.1) is 0 Å². The molecule has 0 fully saturated rings. The number of pyridine rings is 1. The summed E-state index contributed by atoms with van der Waals surface area (Å²) in [6, 6.07) is 10.4. The molecule has 1 unspecified atom stereocenters. The molecule has 1 heterocycles. The maximum atomic E-state index is 6.14. The van der Waals surface area contributed by atoms with Crippen molar-refractivity contribution in [2.45, 2.75) is 18.9 Å². The van der Waals surface area contributed by atoms with E-state index in [1.807, 2.05) is 18.3 Å². The van der Waals surface area contributed by atoms with Gasteiger partial charge in [0.05, 0.1) is 11.7 Å². The van der Waals surface area contributed by atoms with Crippen molar-refractivity contribution in [3.63, 3.8) is 0 Å². The van der Waals surface area contributed by atoms with Crippen molar-refractivity contribution in [2.75, 3.05) is 13.1 Å². The molecule has 2 aromatic rings. The van der Waals surface area contributed by atoms with Crippen LogP contribution in [0.1, 0.15) is 28.4 Å². The minimum absolute atomic E-state index is 0.101. The summed E-state index contributed by atoms with van der Waals surface area (Å²) in [5, 5.41) is 4.30. The topological polar surface area (TPSA) is 50.9 Å². The number of hydrogen-bond donors (Lipinski definition) is 2. The van der Waals surface area contributed by atoms with Crippen LogP contribution < -0.4 is 11.1 Å². The van der Waals surface area contributed by atoms with Crippen LogP contribution in [-0.4, -0.2) is 18.1 Å².